The van der Waals surface area contributed by atoms with Crippen molar-refractivity contribution in [1.29, 1.82) is 0 Å². The Bertz CT molecular complexity index is 569. The molecule has 1 aliphatic heterocycles. The third kappa shape index (κ3) is 4.91. The second kappa shape index (κ2) is 6.93. The lowest BCUT2D eigenvalue weighted by Gasteiger charge is -2.28. The molecule has 1 aromatic rings. The van der Waals surface area contributed by atoms with Crippen LogP contribution in [0.3, 0.4) is 0 Å². The number of carbonyl (C=O) groups excluding carboxylic acids is 2. The Labute approximate surface area is 135 Å². The molecular weight excluding hydrogens is 301 g/mol. The Kier molecular flexibility index (Phi) is 5.18. The summed E-state index contributed by atoms with van der Waals surface area (Å²) in [5.41, 5.74) is -0.594. The van der Waals surface area contributed by atoms with E-state index >= 15 is 0 Å². The standard InChI is InChI=1S/C16H22FN3O3/c1-16(2,3)23-15(22)20-8-4-5-12(20)13(21)10-19-14-7-6-11(17)9-18-14/h6-7,9,12H,4-5,8,10H2,1-3H3,(H,18,19)/t12-/m0/s1. The summed E-state index contributed by atoms with van der Waals surface area (Å²) in [4.78, 5) is 29.8. The molecule has 0 spiro atoms. The number of anilines is 1. The first-order valence-electron chi connectivity index (χ1n) is 7.64. The Morgan fingerprint density at radius 1 is 1.43 bits per heavy atom. The number of carbonyl (C=O) groups is 2. The number of amides is 1. The quantitative estimate of drug-likeness (QED) is 0.922. The lowest BCUT2D eigenvalue weighted by molar-refractivity contribution is -0.121. The van der Waals surface area contributed by atoms with Gasteiger partial charge in [0.25, 0.3) is 0 Å². The highest BCUT2D eigenvalue weighted by molar-refractivity contribution is 5.90. The van der Waals surface area contributed by atoms with E-state index in [1.165, 1.54) is 17.0 Å². The summed E-state index contributed by atoms with van der Waals surface area (Å²) >= 11 is 0. The van der Waals surface area contributed by atoms with E-state index in [0.29, 0.717) is 18.8 Å². The van der Waals surface area contributed by atoms with E-state index in [2.05, 4.69) is 10.3 Å². The number of Topliss-reactive ketones (excluding diaryl/α,β-unsaturated/α-hetero) is 1. The lowest BCUT2D eigenvalue weighted by Crippen LogP contribution is -2.45. The molecule has 1 aliphatic rings. The van der Waals surface area contributed by atoms with Crippen molar-refractivity contribution >= 4 is 17.7 Å². The summed E-state index contributed by atoms with van der Waals surface area (Å²) in [6, 6.07) is 2.24. The van der Waals surface area contributed by atoms with Gasteiger partial charge in [0.1, 0.15) is 17.2 Å². The van der Waals surface area contributed by atoms with Crippen LogP contribution >= 0.6 is 0 Å². The van der Waals surface area contributed by atoms with Crippen molar-refractivity contribution in [3.8, 4) is 0 Å². The predicted molar refractivity (Wildman–Crippen MR) is 83.7 cm³/mol. The SMILES string of the molecule is CC(C)(C)OC(=O)N1CCC[C@H]1C(=O)CNc1ccc(F)cn1. The number of halogens is 1. The van der Waals surface area contributed by atoms with Crippen LogP contribution in [-0.4, -0.2) is 46.5 Å². The van der Waals surface area contributed by atoms with Gasteiger partial charge in [0.05, 0.1) is 18.8 Å². The molecule has 1 aromatic heterocycles. The highest BCUT2D eigenvalue weighted by Crippen LogP contribution is 2.21. The van der Waals surface area contributed by atoms with Crippen molar-refractivity contribution < 1.29 is 18.7 Å². The van der Waals surface area contributed by atoms with Gasteiger partial charge in [-0.05, 0) is 45.7 Å². The predicted octanol–water partition coefficient (Wildman–Crippen LogP) is 2.60. The largest absolute Gasteiger partial charge is 0.444 e. The fourth-order valence-corrected chi connectivity index (χ4v) is 2.42. The van der Waals surface area contributed by atoms with Crippen LogP contribution < -0.4 is 5.32 Å². The number of rotatable bonds is 4. The molecule has 0 radical (unpaired) electrons. The molecule has 23 heavy (non-hydrogen) atoms. The van der Waals surface area contributed by atoms with Gasteiger partial charge in [0, 0.05) is 6.54 Å². The van der Waals surface area contributed by atoms with Gasteiger partial charge in [-0.15, -0.1) is 0 Å². The summed E-state index contributed by atoms with van der Waals surface area (Å²) < 4.78 is 18.1. The van der Waals surface area contributed by atoms with Gasteiger partial charge >= 0.3 is 6.09 Å². The summed E-state index contributed by atoms with van der Waals surface area (Å²) in [5, 5.41) is 2.85. The van der Waals surface area contributed by atoms with E-state index < -0.39 is 23.6 Å². The Morgan fingerprint density at radius 3 is 2.78 bits per heavy atom. The molecule has 0 bridgehead atoms. The minimum Gasteiger partial charge on any atom is -0.444 e. The highest BCUT2D eigenvalue weighted by Gasteiger charge is 2.36. The van der Waals surface area contributed by atoms with Crippen LogP contribution in [0.15, 0.2) is 18.3 Å². The average molecular weight is 323 g/mol. The van der Waals surface area contributed by atoms with Gasteiger partial charge in [0.2, 0.25) is 0 Å². The van der Waals surface area contributed by atoms with Crippen molar-refractivity contribution in [2.45, 2.75) is 45.3 Å². The number of ketones is 1. The van der Waals surface area contributed by atoms with Gasteiger partial charge in [-0.2, -0.15) is 0 Å². The average Bonchev–Trinajstić information content (AvgIpc) is 2.94. The monoisotopic (exact) mass is 323 g/mol. The number of pyridine rings is 1. The van der Waals surface area contributed by atoms with E-state index in [0.717, 1.165) is 12.6 Å². The maximum Gasteiger partial charge on any atom is 0.410 e. The topological polar surface area (TPSA) is 71.5 Å². The molecule has 0 aliphatic carbocycles. The molecule has 2 heterocycles. The number of likely N-dealkylation sites (tertiary alicyclic amines) is 1. The molecular formula is C16H22FN3O3. The Hall–Kier alpha value is -2.18. The fourth-order valence-electron chi connectivity index (χ4n) is 2.42. The van der Waals surface area contributed by atoms with Crippen LogP contribution in [0.4, 0.5) is 15.0 Å². The van der Waals surface area contributed by atoms with E-state index in [1.807, 2.05) is 0 Å². The van der Waals surface area contributed by atoms with Crippen molar-refractivity contribution in [3.63, 3.8) is 0 Å². The maximum atomic E-state index is 12.8. The molecule has 1 N–H and O–H groups in total. The van der Waals surface area contributed by atoms with Crippen LogP contribution in [-0.2, 0) is 9.53 Å². The van der Waals surface area contributed by atoms with Crippen molar-refractivity contribution in [2.75, 3.05) is 18.4 Å². The van der Waals surface area contributed by atoms with E-state index in [4.69, 9.17) is 4.74 Å². The maximum absolute atomic E-state index is 12.8. The minimum absolute atomic E-state index is 0.0304. The fraction of sp³-hybridized carbons (Fsp3) is 0.562. The number of hydrogen-bond acceptors (Lipinski definition) is 5. The van der Waals surface area contributed by atoms with Crippen LogP contribution in [0.25, 0.3) is 0 Å². The van der Waals surface area contributed by atoms with Crippen molar-refractivity contribution in [1.82, 2.24) is 9.88 Å². The smallest absolute Gasteiger partial charge is 0.410 e. The molecule has 1 saturated heterocycles. The lowest BCUT2D eigenvalue weighted by atomic mass is 10.1. The van der Waals surface area contributed by atoms with Gasteiger partial charge in [-0.25, -0.2) is 14.2 Å². The van der Waals surface area contributed by atoms with Gasteiger partial charge in [-0.3, -0.25) is 9.69 Å². The first-order chi connectivity index (χ1) is 10.8. The molecule has 126 valence electrons. The summed E-state index contributed by atoms with van der Waals surface area (Å²) in [7, 11) is 0. The molecule has 0 aromatic carbocycles. The third-order valence-electron chi connectivity index (χ3n) is 3.42. The second-order valence-electron chi connectivity index (χ2n) is 6.51. The first-order valence-corrected chi connectivity index (χ1v) is 7.64. The zero-order valence-corrected chi connectivity index (χ0v) is 13.6. The Morgan fingerprint density at radius 2 is 2.17 bits per heavy atom. The minimum atomic E-state index is -0.594. The van der Waals surface area contributed by atoms with Crippen LogP contribution in [0, 0.1) is 5.82 Å². The number of nitrogens with one attached hydrogen (secondary N) is 1. The number of ether oxygens (including phenoxy) is 1. The molecule has 7 heteroatoms. The summed E-state index contributed by atoms with van der Waals surface area (Å²) in [6.07, 6.45) is 2.00. The zero-order chi connectivity index (χ0) is 17.0. The third-order valence-corrected chi connectivity index (χ3v) is 3.42. The highest BCUT2D eigenvalue weighted by atomic mass is 19.1. The van der Waals surface area contributed by atoms with Crippen LogP contribution in [0.5, 0.6) is 0 Å². The molecule has 0 saturated carbocycles. The van der Waals surface area contributed by atoms with Crippen LogP contribution in [0.1, 0.15) is 33.6 Å². The van der Waals surface area contributed by atoms with Crippen molar-refractivity contribution in [2.24, 2.45) is 0 Å². The molecule has 1 atom stereocenters. The summed E-state index contributed by atoms with van der Waals surface area (Å²) in [6.45, 7) is 5.92. The van der Waals surface area contributed by atoms with Crippen molar-refractivity contribution in [3.05, 3.63) is 24.1 Å². The van der Waals surface area contributed by atoms with E-state index in [9.17, 15) is 14.0 Å². The molecule has 0 unspecified atom stereocenters. The van der Waals surface area contributed by atoms with E-state index in [-0.39, 0.29) is 12.3 Å². The van der Waals surface area contributed by atoms with Gasteiger partial charge in [-0.1, -0.05) is 0 Å². The van der Waals surface area contributed by atoms with Gasteiger partial charge < -0.3 is 10.1 Å². The molecule has 1 amide bonds. The number of aromatic nitrogens is 1. The van der Waals surface area contributed by atoms with Crippen LogP contribution in [0.2, 0.25) is 0 Å². The number of nitrogens with zero attached hydrogens (tertiary/aromatic N) is 2. The zero-order valence-electron chi connectivity index (χ0n) is 13.6. The molecule has 6 nitrogen and oxygen atoms in total. The first kappa shape index (κ1) is 17.2. The molecule has 1 fully saturated rings. The second-order valence-corrected chi connectivity index (χ2v) is 6.51. The summed E-state index contributed by atoms with van der Waals surface area (Å²) in [5.74, 6) is -0.130. The number of hydrogen-bond donors (Lipinski definition) is 1. The van der Waals surface area contributed by atoms with E-state index in [1.54, 1.807) is 20.8 Å². The van der Waals surface area contributed by atoms with Gasteiger partial charge in [0.15, 0.2) is 5.78 Å². The molecule has 2 rings (SSSR count). The Balaban J connectivity index is 1.92. The normalized spacial score (nSPS) is 17.9.